The smallest absolute Gasteiger partial charge is 0.408 e. The van der Waals surface area contributed by atoms with Gasteiger partial charge in [0.2, 0.25) is 5.91 Å². The number of halogens is 1. The van der Waals surface area contributed by atoms with Crippen LogP contribution >= 0.6 is 11.6 Å². The minimum absolute atomic E-state index is 0.0399. The number of fused-ring (bicyclic) bond motifs is 1. The lowest BCUT2D eigenvalue weighted by molar-refractivity contribution is -0.928. The second-order valence-corrected chi connectivity index (χ2v) is 7.58. The third kappa shape index (κ3) is 4.68. The molecule has 2 atom stereocenters. The maximum atomic E-state index is 12.1. The van der Waals surface area contributed by atoms with E-state index in [1.54, 1.807) is 23.1 Å². The summed E-state index contributed by atoms with van der Waals surface area (Å²) in [6, 6.07) is 5.79. The number of hydrogen-bond acceptors (Lipinski definition) is 3. The molecule has 1 saturated heterocycles. The van der Waals surface area contributed by atoms with Gasteiger partial charge in [0.15, 0.2) is 5.58 Å². The minimum atomic E-state index is -0.460. The normalized spacial score (nSPS) is 20.4. The van der Waals surface area contributed by atoms with Crippen LogP contribution in [0.15, 0.2) is 27.4 Å². The predicted molar refractivity (Wildman–Crippen MR) is 102 cm³/mol. The molecule has 0 radical (unpaired) electrons. The summed E-state index contributed by atoms with van der Waals surface area (Å²) in [5.41, 5.74) is 1.11. The third-order valence-corrected chi connectivity index (χ3v) is 5.51. The Morgan fingerprint density at radius 3 is 3.08 bits per heavy atom. The SMILES string of the molecule is C[C@H]1CCCC[NH+]1CCCNC(=O)CCn1c(=O)oc2cc(Cl)ccc21. The number of oxazole rings is 1. The van der Waals surface area contributed by atoms with E-state index in [9.17, 15) is 9.59 Å². The van der Waals surface area contributed by atoms with E-state index in [2.05, 4.69) is 12.2 Å². The summed E-state index contributed by atoms with van der Waals surface area (Å²) in [6.07, 6.45) is 5.20. The summed E-state index contributed by atoms with van der Waals surface area (Å²) < 4.78 is 6.65. The second kappa shape index (κ2) is 8.73. The number of quaternary nitrogens is 1. The van der Waals surface area contributed by atoms with Crippen molar-refractivity contribution in [2.45, 2.75) is 51.6 Å². The van der Waals surface area contributed by atoms with E-state index in [0.717, 1.165) is 19.0 Å². The standard InChI is InChI=1S/C19H26ClN3O3/c1-14-5-2-3-10-22(14)11-4-9-21-18(24)8-12-23-16-7-6-15(20)13-17(16)26-19(23)25/h6-7,13-14H,2-5,8-12H2,1H3,(H,21,24)/p+1/t14-/m0/s1. The van der Waals surface area contributed by atoms with Gasteiger partial charge in [-0.2, -0.15) is 0 Å². The van der Waals surface area contributed by atoms with Crippen LogP contribution in [0.1, 0.15) is 39.0 Å². The van der Waals surface area contributed by atoms with Crippen LogP contribution in [0.2, 0.25) is 5.02 Å². The summed E-state index contributed by atoms with van der Waals surface area (Å²) in [6.45, 7) is 5.65. The fourth-order valence-electron chi connectivity index (χ4n) is 3.72. The zero-order chi connectivity index (χ0) is 18.5. The summed E-state index contributed by atoms with van der Waals surface area (Å²) in [5.74, 6) is -0.500. The number of nitrogens with one attached hydrogen (secondary N) is 2. The number of hydrogen-bond donors (Lipinski definition) is 2. The van der Waals surface area contributed by atoms with Gasteiger partial charge in [-0.05, 0) is 38.3 Å². The number of carbonyl (C=O) groups excluding carboxylic acids is 1. The van der Waals surface area contributed by atoms with E-state index < -0.39 is 5.76 Å². The van der Waals surface area contributed by atoms with Crippen molar-refractivity contribution in [1.82, 2.24) is 9.88 Å². The summed E-state index contributed by atoms with van der Waals surface area (Å²) >= 11 is 5.91. The van der Waals surface area contributed by atoms with E-state index in [4.69, 9.17) is 16.0 Å². The first-order valence-corrected chi connectivity index (χ1v) is 9.82. The van der Waals surface area contributed by atoms with Crippen LogP contribution in [0.25, 0.3) is 11.1 Å². The Bertz CT molecular complexity index is 814. The van der Waals surface area contributed by atoms with Crippen molar-refractivity contribution in [3.05, 3.63) is 33.8 Å². The monoisotopic (exact) mass is 380 g/mol. The number of likely N-dealkylation sites (tertiary alicyclic amines) is 1. The number of amides is 1. The van der Waals surface area contributed by atoms with Gasteiger partial charge in [0, 0.05) is 37.0 Å². The van der Waals surface area contributed by atoms with E-state index in [-0.39, 0.29) is 12.3 Å². The van der Waals surface area contributed by atoms with Gasteiger partial charge in [0.05, 0.1) is 24.6 Å². The molecule has 2 N–H and O–H groups in total. The Kier molecular flexibility index (Phi) is 6.38. The van der Waals surface area contributed by atoms with Crippen LogP contribution in [0.3, 0.4) is 0 Å². The summed E-state index contributed by atoms with van der Waals surface area (Å²) in [7, 11) is 0. The van der Waals surface area contributed by atoms with Gasteiger partial charge in [-0.15, -0.1) is 0 Å². The average Bonchev–Trinajstić information content (AvgIpc) is 2.92. The Hall–Kier alpha value is -1.79. The number of carbonyl (C=O) groups is 1. The highest BCUT2D eigenvalue weighted by Crippen LogP contribution is 2.18. The van der Waals surface area contributed by atoms with Crippen molar-refractivity contribution >= 4 is 28.6 Å². The average molecular weight is 381 g/mol. The van der Waals surface area contributed by atoms with Crippen molar-refractivity contribution in [2.75, 3.05) is 19.6 Å². The van der Waals surface area contributed by atoms with Gasteiger partial charge in [0.25, 0.3) is 0 Å². The molecule has 2 aromatic rings. The topological polar surface area (TPSA) is 68.7 Å². The van der Waals surface area contributed by atoms with Gasteiger partial charge in [-0.1, -0.05) is 11.6 Å². The molecular formula is C19H27ClN3O3+. The number of aromatic nitrogens is 1. The maximum Gasteiger partial charge on any atom is 0.419 e. The molecule has 0 saturated carbocycles. The minimum Gasteiger partial charge on any atom is -0.408 e. The second-order valence-electron chi connectivity index (χ2n) is 7.14. The lowest BCUT2D eigenvalue weighted by atomic mass is 10.0. The summed E-state index contributed by atoms with van der Waals surface area (Å²) in [4.78, 5) is 25.7. The van der Waals surface area contributed by atoms with E-state index in [0.29, 0.717) is 29.2 Å². The molecule has 1 aromatic carbocycles. The molecule has 1 aliphatic heterocycles. The fourth-order valence-corrected chi connectivity index (χ4v) is 3.88. The van der Waals surface area contributed by atoms with Crippen LogP contribution in [0.4, 0.5) is 0 Å². The third-order valence-electron chi connectivity index (χ3n) is 5.27. The number of nitrogens with zero attached hydrogens (tertiary/aromatic N) is 1. The Morgan fingerprint density at radius 2 is 2.27 bits per heavy atom. The first kappa shape index (κ1) is 19.0. The largest absolute Gasteiger partial charge is 0.419 e. The summed E-state index contributed by atoms with van der Waals surface area (Å²) in [5, 5.41) is 3.47. The maximum absolute atomic E-state index is 12.1. The van der Waals surface area contributed by atoms with Gasteiger partial charge in [0.1, 0.15) is 0 Å². The number of rotatable bonds is 7. The van der Waals surface area contributed by atoms with E-state index >= 15 is 0 Å². The van der Waals surface area contributed by atoms with E-state index in [1.807, 2.05) is 0 Å². The Morgan fingerprint density at radius 1 is 1.42 bits per heavy atom. The highest BCUT2D eigenvalue weighted by Gasteiger charge is 2.20. The van der Waals surface area contributed by atoms with Gasteiger partial charge in [-0.3, -0.25) is 9.36 Å². The Balaban J connectivity index is 1.43. The molecule has 142 valence electrons. The van der Waals surface area contributed by atoms with Gasteiger partial charge in [-0.25, -0.2) is 4.79 Å². The molecule has 1 aromatic heterocycles. The molecule has 6 nitrogen and oxygen atoms in total. The molecule has 7 heteroatoms. The molecule has 3 rings (SSSR count). The molecule has 1 unspecified atom stereocenters. The molecule has 0 bridgehead atoms. The molecule has 0 aliphatic carbocycles. The quantitative estimate of drug-likeness (QED) is 0.717. The molecule has 1 fully saturated rings. The molecule has 0 spiro atoms. The van der Waals surface area contributed by atoms with Gasteiger partial charge >= 0.3 is 5.76 Å². The van der Waals surface area contributed by atoms with Crippen molar-refractivity contribution in [1.29, 1.82) is 0 Å². The highest BCUT2D eigenvalue weighted by molar-refractivity contribution is 6.31. The lowest BCUT2D eigenvalue weighted by Crippen LogP contribution is -3.16. The lowest BCUT2D eigenvalue weighted by Gasteiger charge is -2.30. The fraction of sp³-hybridized carbons (Fsp3) is 0.579. The molecular weight excluding hydrogens is 354 g/mol. The number of benzene rings is 1. The molecule has 1 amide bonds. The first-order chi connectivity index (χ1) is 12.5. The van der Waals surface area contributed by atoms with Crippen molar-refractivity contribution in [3.8, 4) is 0 Å². The van der Waals surface area contributed by atoms with Crippen LogP contribution < -0.4 is 16.0 Å². The van der Waals surface area contributed by atoms with Crippen molar-refractivity contribution < 1.29 is 14.1 Å². The van der Waals surface area contributed by atoms with Crippen molar-refractivity contribution in [2.24, 2.45) is 0 Å². The zero-order valence-corrected chi connectivity index (χ0v) is 16.0. The number of piperidine rings is 1. The molecule has 1 aliphatic rings. The molecule has 2 heterocycles. The van der Waals surface area contributed by atoms with Crippen LogP contribution in [0.5, 0.6) is 0 Å². The zero-order valence-electron chi connectivity index (χ0n) is 15.2. The highest BCUT2D eigenvalue weighted by atomic mass is 35.5. The van der Waals surface area contributed by atoms with Gasteiger partial charge < -0.3 is 14.6 Å². The molecule has 26 heavy (non-hydrogen) atoms. The van der Waals surface area contributed by atoms with Crippen molar-refractivity contribution in [3.63, 3.8) is 0 Å². The number of aryl methyl sites for hydroxylation is 1. The Labute approximate surface area is 158 Å². The predicted octanol–water partition coefficient (Wildman–Crippen LogP) is 1.60. The first-order valence-electron chi connectivity index (χ1n) is 9.45. The van der Waals surface area contributed by atoms with Crippen LogP contribution in [0, 0.1) is 0 Å². The van der Waals surface area contributed by atoms with Crippen LogP contribution in [-0.4, -0.2) is 36.2 Å². The van der Waals surface area contributed by atoms with E-state index in [1.165, 1.54) is 30.4 Å². The van der Waals surface area contributed by atoms with Crippen LogP contribution in [-0.2, 0) is 11.3 Å².